The lowest BCUT2D eigenvalue weighted by molar-refractivity contribution is -0.141. The number of carbonyl (C=O) groups excluding carboxylic acids is 1. The van der Waals surface area contributed by atoms with E-state index in [1.165, 1.54) is 37.2 Å². The van der Waals surface area contributed by atoms with Gasteiger partial charge in [-0.1, -0.05) is 0 Å². The first kappa shape index (κ1) is 33.0. The van der Waals surface area contributed by atoms with Gasteiger partial charge in [0.25, 0.3) is 0 Å². The molecule has 0 unspecified atom stereocenters. The molecule has 5 heterocycles. The molecule has 0 fully saturated rings. The standard InChI is InChI=1S/C18H16F4N4O2.C10H10FN3O3/c1-10(28-2)17-12(9-24-16-8-15(19)25-26(16)17)7-13(27)5-11-3-4-23-14(6-11)18(20,21)22;1-5(17-2)9-6(10(15)16)4-12-8-3-7(11)13-14(8)9/h3-4,6,8-10H,5,7H2,1-2H3;3-5H,1-2H3,(H,15,16)/t10-;5-/m00/s1. The zero-order valence-corrected chi connectivity index (χ0v) is 24.2. The lowest BCUT2D eigenvalue weighted by atomic mass is 10.0. The Morgan fingerprint density at radius 2 is 1.42 bits per heavy atom. The van der Waals surface area contributed by atoms with Crippen molar-refractivity contribution in [1.82, 2.24) is 34.2 Å². The van der Waals surface area contributed by atoms with Crippen LogP contribution in [-0.2, 0) is 33.3 Å². The molecule has 0 bridgehead atoms. The zero-order chi connectivity index (χ0) is 33.1. The number of aromatic nitrogens is 7. The normalized spacial score (nSPS) is 13.0. The lowest BCUT2D eigenvalue weighted by Crippen LogP contribution is -2.15. The maximum Gasteiger partial charge on any atom is 0.433 e. The van der Waals surface area contributed by atoms with Gasteiger partial charge in [-0.2, -0.15) is 22.0 Å². The van der Waals surface area contributed by atoms with Gasteiger partial charge in [0.1, 0.15) is 17.0 Å². The number of nitrogens with zero attached hydrogens (tertiary/aromatic N) is 7. The van der Waals surface area contributed by atoms with E-state index in [0.29, 0.717) is 11.3 Å². The summed E-state index contributed by atoms with van der Waals surface area (Å²) in [5.41, 5.74) is 0.761. The van der Waals surface area contributed by atoms with E-state index in [-0.39, 0.29) is 46.7 Å². The molecule has 1 N–H and O–H groups in total. The SMILES string of the molecule is CO[C@@H](C)c1c(C(=O)O)cnc2cc(F)nn12.CO[C@@H](C)c1c(CC(=O)Cc2ccnc(C(F)(F)F)c2)cnc2cc(F)nn12. The summed E-state index contributed by atoms with van der Waals surface area (Å²) in [5.74, 6) is -2.94. The molecule has 5 aromatic rings. The molecular weight excluding hydrogens is 609 g/mol. The summed E-state index contributed by atoms with van der Waals surface area (Å²) in [4.78, 5) is 34.7. The van der Waals surface area contributed by atoms with Gasteiger partial charge in [0.05, 0.1) is 23.6 Å². The highest BCUT2D eigenvalue weighted by atomic mass is 19.4. The number of alkyl halides is 3. The quantitative estimate of drug-likeness (QED) is 0.228. The van der Waals surface area contributed by atoms with Crippen molar-refractivity contribution in [2.75, 3.05) is 14.2 Å². The van der Waals surface area contributed by atoms with Gasteiger partial charge < -0.3 is 14.6 Å². The molecular formula is C28H26F5N7O5. The number of methoxy groups -OCH3 is 2. The molecule has 0 aliphatic carbocycles. The third-order valence-corrected chi connectivity index (χ3v) is 6.67. The Labute approximate surface area is 251 Å². The van der Waals surface area contributed by atoms with Crippen molar-refractivity contribution >= 4 is 23.0 Å². The number of carbonyl (C=O) groups is 2. The topological polar surface area (TPSA) is 146 Å². The summed E-state index contributed by atoms with van der Waals surface area (Å²) < 4.78 is 77.6. The predicted molar refractivity (Wildman–Crippen MR) is 145 cm³/mol. The summed E-state index contributed by atoms with van der Waals surface area (Å²) in [6.45, 7) is 3.36. The molecule has 12 nitrogen and oxygen atoms in total. The second kappa shape index (κ2) is 13.4. The van der Waals surface area contributed by atoms with E-state index in [9.17, 15) is 31.5 Å². The number of ether oxygens (including phenoxy) is 2. The van der Waals surface area contributed by atoms with E-state index in [0.717, 1.165) is 28.9 Å². The number of fused-ring (bicyclic) bond motifs is 2. The van der Waals surface area contributed by atoms with Crippen molar-refractivity contribution in [3.05, 3.63) is 88.5 Å². The highest BCUT2D eigenvalue weighted by Crippen LogP contribution is 2.28. The van der Waals surface area contributed by atoms with Crippen molar-refractivity contribution in [3.63, 3.8) is 0 Å². The number of ketones is 1. The van der Waals surface area contributed by atoms with E-state index < -0.39 is 41.9 Å². The first-order valence-electron chi connectivity index (χ1n) is 13.1. The third kappa shape index (κ3) is 7.43. The van der Waals surface area contributed by atoms with Crippen LogP contribution >= 0.6 is 0 Å². The molecule has 0 saturated carbocycles. The van der Waals surface area contributed by atoms with Crippen molar-refractivity contribution in [2.24, 2.45) is 0 Å². The summed E-state index contributed by atoms with van der Waals surface area (Å²) in [6.07, 6.45) is -2.34. The van der Waals surface area contributed by atoms with Gasteiger partial charge in [0, 0.05) is 63.3 Å². The molecule has 2 atom stereocenters. The number of aromatic carboxylic acids is 1. The average Bonchev–Trinajstić information content (AvgIpc) is 3.56. The fourth-order valence-corrected chi connectivity index (χ4v) is 4.47. The molecule has 0 aliphatic rings. The van der Waals surface area contributed by atoms with Crippen LogP contribution < -0.4 is 0 Å². The minimum Gasteiger partial charge on any atom is -0.478 e. The molecule has 5 rings (SSSR count). The van der Waals surface area contributed by atoms with E-state index in [2.05, 4.69) is 25.1 Å². The molecule has 0 radical (unpaired) electrons. The first-order valence-corrected chi connectivity index (χ1v) is 13.1. The Morgan fingerprint density at radius 1 is 0.867 bits per heavy atom. The van der Waals surface area contributed by atoms with E-state index in [1.54, 1.807) is 13.8 Å². The highest BCUT2D eigenvalue weighted by molar-refractivity contribution is 5.89. The fourth-order valence-electron chi connectivity index (χ4n) is 4.47. The summed E-state index contributed by atoms with van der Waals surface area (Å²) >= 11 is 0. The van der Waals surface area contributed by atoms with Gasteiger partial charge in [-0.15, -0.1) is 10.2 Å². The smallest absolute Gasteiger partial charge is 0.433 e. The van der Waals surface area contributed by atoms with Crippen molar-refractivity contribution < 1.29 is 46.1 Å². The van der Waals surface area contributed by atoms with Gasteiger partial charge in [-0.25, -0.2) is 23.8 Å². The van der Waals surface area contributed by atoms with Crippen LogP contribution in [-0.4, -0.2) is 65.3 Å². The Balaban J connectivity index is 0.000000231. The second-order valence-corrected chi connectivity index (χ2v) is 9.70. The van der Waals surface area contributed by atoms with Crippen LogP contribution in [0.1, 0.15) is 64.6 Å². The Morgan fingerprint density at radius 3 is 1.98 bits per heavy atom. The van der Waals surface area contributed by atoms with Crippen LogP contribution in [0.4, 0.5) is 22.0 Å². The predicted octanol–water partition coefficient (Wildman–Crippen LogP) is 4.62. The van der Waals surface area contributed by atoms with Crippen LogP contribution in [0.25, 0.3) is 11.3 Å². The number of Topliss-reactive ketones (excluding diaryl/α,β-unsaturated/α-hetero) is 1. The van der Waals surface area contributed by atoms with Crippen LogP contribution in [0.5, 0.6) is 0 Å². The minimum absolute atomic E-state index is 0.0602. The van der Waals surface area contributed by atoms with E-state index in [4.69, 9.17) is 14.6 Å². The second-order valence-electron chi connectivity index (χ2n) is 9.70. The number of carboxylic acids is 1. The fraction of sp³-hybridized carbons (Fsp3) is 0.321. The molecule has 5 aromatic heterocycles. The van der Waals surface area contributed by atoms with Gasteiger partial charge in [-0.05, 0) is 31.5 Å². The number of halogens is 5. The van der Waals surface area contributed by atoms with Gasteiger partial charge in [-0.3, -0.25) is 9.78 Å². The monoisotopic (exact) mass is 635 g/mol. The van der Waals surface area contributed by atoms with Crippen LogP contribution in [0.2, 0.25) is 0 Å². The lowest BCUT2D eigenvalue weighted by Gasteiger charge is -2.16. The summed E-state index contributed by atoms with van der Waals surface area (Å²) in [7, 11) is 2.89. The minimum atomic E-state index is -4.58. The Hall–Kier alpha value is -4.90. The van der Waals surface area contributed by atoms with Crippen molar-refractivity contribution in [2.45, 2.75) is 45.1 Å². The van der Waals surface area contributed by atoms with Crippen molar-refractivity contribution in [3.8, 4) is 0 Å². The van der Waals surface area contributed by atoms with Gasteiger partial charge in [0.2, 0.25) is 11.9 Å². The van der Waals surface area contributed by atoms with E-state index in [1.807, 2.05) is 0 Å². The molecule has 45 heavy (non-hydrogen) atoms. The summed E-state index contributed by atoms with van der Waals surface area (Å²) in [6, 6.07) is 4.47. The first-order chi connectivity index (χ1) is 21.2. The zero-order valence-electron chi connectivity index (χ0n) is 24.2. The van der Waals surface area contributed by atoms with Crippen molar-refractivity contribution in [1.29, 1.82) is 0 Å². The molecule has 0 saturated heterocycles. The average molecular weight is 636 g/mol. The van der Waals surface area contributed by atoms with E-state index >= 15 is 0 Å². The molecule has 238 valence electrons. The maximum atomic E-state index is 13.5. The molecule has 0 spiro atoms. The Bertz CT molecular complexity index is 1860. The highest BCUT2D eigenvalue weighted by Gasteiger charge is 2.32. The van der Waals surface area contributed by atoms with Crippen LogP contribution in [0.15, 0.2) is 42.9 Å². The van der Waals surface area contributed by atoms with Crippen LogP contribution in [0, 0.1) is 11.9 Å². The molecule has 17 heteroatoms. The van der Waals surface area contributed by atoms with Crippen LogP contribution in [0.3, 0.4) is 0 Å². The number of pyridine rings is 1. The molecule has 0 amide bonds. The molecule has 0 aromatic carbocycles. The summed E-state index contributed by atoms with van der Waals surface area (Å²) in [5, 5.41) is 16.4. The van der Waals surface area contributed by atoms with Gasteiger partial charge in [0.15, 0.2) is 11.3 Å². The van der Waals surface area contributed by atoms with Gasteiger partial charge >= 0.3 is 12.1 Å². The largest absolute Gasteiger partial charge is 0.478 e. The number of rotatable bonds is 9. The number of carboxylic acid groups (broad SMARTS) is 1. The maximum absolute atomic E-state index is 13.5. The Kier molecular flexibility index (Phi) is 9.82. The molecule has 0 aliphatic heterocycles. The third-order valence-electron chi connectivity index (χ3n) is 6.67. The number of hydrogen-bond donors (Lipinski definition) is 1. The number of hydrogen-bond acceptors (Lipinski definition) is 9.